The summed E-state index contributed by atoms with van der Waals surface area (Å²) >= 11 is 3.30. The van der Waals surface area contributed by atoms with Gasteiger partial charge in [-0.15, -0.1) is 0 Å². The van der Waals surface area contributed by atoms with Crippen LogP contribution in [0.4, 0.5) is 5.82 Å². The topological polar surface area (TPSA) is 68.9 Å². The van der Waals surface area contributed by atoms with E-state index in [9.17, 15) is 5.11 Å². The molecule has 0 radical (unpaired) electrons. The second-order valence-corrected chi connectivity index (χ2v) is 5.41. The number of halogens is 1. The zero-order chi connectivity index (χ0) is 12.9. The summed E-state index contributed by atoms with van der Waals surface area (Å²) in [7, 11) is 0. The molecule has 17 heavy (non-hydrogen) atoms. The van der Waals surface area contributed by atoms with Gasteiger partial charge < -0.3 is 10.4 Å². The van der Waals surface area contributed by atoms with Crippen LogP contribution in [-0.2, 0) is 6.61 Å². The van der Waals surface area contributed by atoms with Gasteiger partial charge in [0, 0.05) is 22.8 Å². The van der Waals surface area contributed by atoms with Crippen LogP contribution in [0.25, 0.3) is 0 Å². The van der Waals surface area contributed by atoms with Crippen molar-refractivity contribution in [2.75, 3.05) is 11.9 Å². The van der Waals surface area contributed by atoms with Crippen molar-refractivity contribution in [1.82, 2.24) is 4.98 Å². The summed E-state index contributed by atoms with van der Waals surface area (Å²) in [5, 5.41) is 21.2. The summed E-state index contributed by atoms with van der Waals surface area (Å²) in [6.07, 6.45) is 2.41. The molecule has 0 aliphatic rings. The normalized spacial score (nSPS) is 11.0. The molecule has 0 bridgehead atoms. The number of pyridine rings is 1. The second kappa shape index (κ2) is 5.99. The molecule has 1 aromatic rings. The van der Waals surface area contributed by atoms with Crippen LogP contribution in [0.15, 0.2) is 16.7 Å². The number of nitriles is 1. The van der Waals surface area contributed by atoms with E-state index in [1.54, 1.807) is 6.20 Å². The van der Waals surface area contributed by atoms with Crippen LogP contribution < -0.4 is 5.32 Å². The minimum atomic E-state index is -0.345. The van der Waals surface area contributed by atoms with E-state index in [-0.39, 0.29) is 12.0 Å². The fraction of sp³-hybridized carbons (Fsp3) is 0.500. The summed E-state index contributed by atoms with van der Waals surface area (Å²) in [6.45, 7) is 4.39. The molecule has 0 atom stereocenters. The van der Waals surface area contributed by atoms with Gasteiger partial charge in [-0.2, -0.15) is 5.26 Å². The minimum Gasteiger partial charge on any atom is -0.392 e. The fourth-order valence-corrected chi connectivity index (χ4v) is 1.69. The van der Waals surface area contributed by atoms with Gasteiger partial charge in [-0.1, -0.05) is 0 Å². The zero-order valence-electron chi connectivity index (χ0n) is 10.00. The van der Waals surface area contributed by atoms with Gasteiger partial charge in [0.15, 0.2) is 0 Å². The van der Waals surface area contributed by atoms with Gasteiger partial charge in [0.05, 0.1) is 18.1 Å². The van der Waals surface area contributed by atoms with E-state index in [2.05, 4.69) is 32.3 Å². The molecule has 4 nitrogen and oxygen atoms in total. The van der Waals surface area contributed by atoms with Crippen molar-refractivity contribution < 1.29 is 5.11 Å². The van der Waals surface area contributed by atoms with Crippen LogP contribution in [-0.4, -0.2) is 16.6 Å². The Bertz CT molecular complexity index is 426. The number of nitrogens with zero attached hydrogens (tertiary/aromatic N) is 2. The first-order valence-electron chi connectivity index (χ1n) is 5.39. The summed E-state index contributed by atoms with van der Waals surface area (Å²) in [5.41, 5.74) is 0.399. The molecule has 0 aliphatic heterocycles. The predicted octanol–water partition coefficient (Wildman–Crippen LogP) is 2.69. The molecule has 0 aromatic carbocycles. The Balaban J connectivity index is 2.61. The standard InChI is InChI=1S/C12H16BrN3O/c1-12(2,8-14)3-4-15-11-9(7-17)5-10(13)6-16-11/h5-6,17H,3-4,7H2,1-2H3,(H,15,16). The smallest absolute Gasteiger partial charge is 0.131 e. The van der Waals surface area contributed by atoms with Crippen LogP contribution >= 0.6 is 15.9 Å². The number of aliphatic hydroxyl groups is 1. The van der Waals surface area contributed by atoms with Crippen molar-refractivity contribution in [3.05, 3.63) is 22.3 Å². The van der Waals surface area contributed by atoms with Crippen molar-refractivity contribution in [3.63, 3.8) is 0 Å². The molecule has 92 valence electrons. The molecule has 0 fully saturated rings. The number of aromatic nitrogens is 1. The Hall–Kier alpha value is -1.12. The summed E-state index contributed by atoms with van der Waals surface area (Å²) in [6, 6.07) is 4.07. The first-order valence-corrected chi connectivity index (χ1v) is 6.18. The second-order valence-electron chi connectivity index (χ2n) is 4.49. The Kier molecular flexibility index (Phi) is 4.91. The maximum absolute atomic E-state index is 9.20. The van der Waals surface area contributed by atoms with Crippen molar-refractivity contribution in [2.24, 2.45) is 5.41 Å². The van der Waals surface area contributed by atoms with E-state index in [0.29, 0.717) is 12.4 Å². The Labute approximate surface area is 110 Å². The lowest BCUT2D eigenvalue weighted by Crippen LogP contribution is -2.15. The van der Waals surface area contributed by atoms with E-state index >= 15 is 0 Å². The molecule has 1 heterocycles. The van der Waals surface area contributed by atoms with Crippen molar-refractivity contribution in [2.45, 2.75) is 26.9 Å². The highest BCUT2D eigenvalue weighted by molar-refractivity contribution is 9.10. The van der Waals surface area contributed by atoms with E-state index in [4.69, 9.17) is 5.26 Å². The van der Waals surface area contributed by atoms with Crippen LogP contribution in [0.5, 0.6) is 0 Å². The van der Waals surface area contributed by atoms with Gasteiger partial charge >= 0.3 is 0 Å². The molecule has 0 aliphatic carbocycles. The third kappa shape index (κ3) is 4.33. The monoisotopic (exact) mass is 297 g/mol. The molecular formula is C12H16BrN3O. The summed E-state index contributed by atoms with van der Waals surface area (Å²) in [4.78, 5) is 4.19. The number of anilines is 1. The maximum Gasteiger partial charge on any atom is 0.131 e. The number of hydrogen-bond acceptors (Lipinski definition) is 4. The molecule has 1 rings (SSSR count). The SMILES string of the molecule is CC(C)(C#N)CCNc1ncc(Br)cc1CO. The average molecular weight is 298 g/mol. The number of rotatable bonds is 5. The third-order valence-corrected chi connectivity index (χ3v) is 2.88. The molecule has 1 aromatic heterocycles. The minimum absolute atomic E-state index is 0.0591. The quantitative estimate of drug-likeness (QED) is 0.877. The first-order chi connectivity index (χ1) is 7.98. The molecule has 0 saturated heterocycles. The number of nitrogens with one attached hydrogen (secondary N) is 1. The molecule has 0 saturated carbocycles. The van der Waals surface area contributed by atoms with Crippen molar-refractivity contribution >= 4 is 21.7 Å². The van der Waals surface area contributed by atoms with Crippen LogP contribution in [0, 0.1) is 16.7 Å². The van der Waals surface area contributed by atoms with Crippen molar-refractivity contribution in [3.8, 4) is 6.07 Å². The molecule has 0 amide bonds. The van der Waals surface area contributed by atoms with Crippen LogP contribution in [0.3, 0.4) is 0 Å². The highest BCUT2D eigenvalue weighted by Gasteiger charge is 2.16. The van der Waals surface area contributed by atoms with Crippen LogP contribution in [0.2, 0.25) is 0 Å². The van der Waals surface area contributed by atoms with Crippen LogP contribution in [0.1, 0.15) is 25.8 Å². The van der Waals surface area contributed by atoms with E-state index < -0.39 is 0 Å². The lowest BCUT2D eigenvalue weighted by Gasteiger charge is -2.16. The van der Waals surface area contributed by atoms with Crippen molar-refractivity contribution in [1.29, 1.82) is 5.26 Å². The van der Waals surface area contributed by atoms with Gasteiger partial charge in [-0.3, -0.25) is 0 Å². The van der Waals surface area contributed by atoms with E-state index in [1.807, 2.05) is 19.9 Å². The van der Waals surface area contributed by atoms with Gasteiger partial charge in [0.2, 0.25) is 0 Å². The largest absolute Gasteiger partial charge is 0.392 e. The maximum atomic E-state index is 9.20. The molecule has 5 heteroatoms. The summed E-state index contributed by atoms with van der Waals surface area (Å²) < 4.78 is 0.837. The average Bonchev–Trinajstić information content (AvgIpc) is 2.30. The molecular weight excluding hydrogens is 282 g/mol. The zero-order valence-corrected chi connectivity index (χ0v) is 11.6. The van der Waals surface area contributed by atoms with E-state index in [0.717, 1.165) is 16.5 Å². The predicted molar refractivity (Wildman–Crippen MR) is 70.4 cm³/mol. The first kappa shape index (κ1) is 13.9. The number of hydrogen-bond donors (Lipinski definition) is 2. The number of aliphatic hydroxyl groups excluding tert-OH is 1. The van der Waals surface area contributed by atoms with Gasteiger partial charge in [0.1, 0.15) is 5.82 Å². The lowest BCUT2D eigenvalue weighted by molar-refractivity contribution is 0.282. The van der Waals surface area contributed by atoms with Gasteiger partial charge in [0.25, 0.3) is 0 Å². The lowest BCUT2D eigenvalue weighted by atomic mass is 9.91. The van der Waals surface area contributed by atoms with E-state index in [1.165, 1.54) is 0 Å². The Morgan fingerprint density at radius 2 is 2.29 bits per heavy atom. The molecule has 0 unspecified atom stereocenters. The molecule has 0 spiro atoms. The highest BCUT2D eigenvalue weighted by atomic mass is 79.9. The fourth-order valence-electron chi connectivity index (χ4n) is 1.31. The Morgan fingerprint density at radius 1 is 1.59 bits per heavy atom. The Morgan fingerprint density at radius 3 is 2.88 bits per heavy atom. The highest BCUT2D eigenvalue weighted by Crippen LogP contribution is 2.21. The third-order valence-electron chi connectivity index (χ3n) is 2.45. The molecule has 2 N–H and O–H groups in total. The van der Waals surface area contributed by atoms with Gasteiger partial charge in [-0.25, -0.2) is 4.98 Å². The summed E-state index contributed by atoms with van der Waals surface area (Å²) in [5.74, 6) is 0.671. The van der Waals surface area contributed by atoms with Gasteiger partial charge in [-0.05, 0) is 42.3 Å².